The fraction of sp³-hybridized carbons (Fsp3) is 0.917. The van der Waals surface area contributed by atoms with Gasteiger partial charge in [-0.1, -0.05) is 6.92 Å². The van der Waals surface area contributed by atoms with Crippen LogP contribution in [0.2, 0.25) is 0 Å². The largest absolute Gasteiger partial charge is 0.378 e. The predicted molar refractivity (Wildman–Crippen MR) is 61.9 cm³/mol. The van der Waals surface area contributed by atoms with Crippen LogP contribution in [0.5, 0.6) is 0 Å². The first kappa shape index (κ1) is 11.9. The van der Waals surface area contributed by atoms with Crippen molar-refractivity contribution in [1.82, 2.24) is 4.90 Å². The van der Waals surface area contributed by atoms with Gasteiger partial charge in [0.2, 0.25) is 5.91 Å². The molecule has 2 heterocycles. The minimum atomic E-state index is 0.0642. The lowest BCUT2D eigenvalue weighted by Gasteiger charge is -2.27. The number of nitrogens with zero attached hydrogens (tertiary/aromatic N) is 1. The van der Waals surface area contributed by atoms with Crippen LogP contribution >= 0.6 is 0 Å². The number of amides is 1. The summed E-state index contributed by atoms with van der Waals surface area (Å²) in [6, 6.07) is 0.239. The van der Waals surface area contributed by atoms with Gasteiger partial charge in [-0.15, -0.1) is 0 Å². The number of hydrogen-bond acceptors (Lipinski definition) is 3. The number of carbonyl (C=O) groups excluding carboxylic acids is 1. The number of nitrogens with two attached hydrogens (primary N) is 1. The van der Waals surface area contributed by atoms with E-state index in [1.165, 1.54) is 0 Å². The normalized spacial score (nSPS) is 39.3. The van der Waals surface area contributed by atoms with Crippen LogP contribution < -0.4 is 5.73 Å². The maximum Gasteiger partial charge on any atom is 0.228 e. The van der Waals surface area contributed by atoms with E-state index in [0.717, 1.165) is 19.4 Å². The standard InChI is InChI=1S/C12H22N2O2/c1-8-3-4-14(11(8)6-13)12(15)10-5-9(2)16-7-10/h8-11H,3-7,13H2,1-2H3. The Morgan fingerprint density at radius 3 is 2.81 bits per heavy atom. The van der Waals surface area contributed by atoms with Crippen LogP contribution in [-0.2, 0) is 9.53 Å². The first-order chi connectivity index (χ1) is 7.63. The Balaban J connectivity index is 1.99. The summed E-state index contributed by atoms with van der Waals surface area (Å²) in [5.74, 6) is 0.854. The summed E-state index contributed by atoms with van der Waals surface area (Å²) in [4.78, 5) is 14.3. The number of likely N-dealkylation sites (tertiary alicyclic amines) is 1. The van der Waals surface area contributed by atoms with Crippen LogP contribution in [0.1, 0.15) is 26.7 Å². The second kappa shape index (κ2) is 4.72. The van der Waals surface area contributed by atoms with E-state index in [9.17, 15) is 4.79 Å². The zero-order valence-corrected chi connectivity index (χ0v) is 10.2. The van der Waals surface area contributed by atoms with Gasteiger partial charge in [0, 0.05) is 19.1 Å². The Morgan fingerprint density at radius 1 is 1.50 bits per heavy atom. The fourth-order valence-corrected chi connectivity index (χ4v) is 2.87. The quantitative estimate of drug-likeness (QED) is 0.750. The Bertz CT molecular complexity index is 270. The Morgan fingerprint density at radius 2 is 2.25 bits per heavy atom. The van der Waals surface area contributed by atoms with Gasteiger partial charge in [-0.3, -0.25) is 4.79 Å². The maximum absolute atomic E-state index is 12.3. The van der Waals surface area contributed by atoms with Crippen molar-refractivity contribution in [3.63, 3.8) is 0 Å². The lowest BCUT2D eigenvalue weighted by molar-refractivity contribution is -0.136. The van der Waals surface area contributed by atoms with Gasteiger partial charge in [0.1, 0.15) is 0 Å². The molecule has 0 aromatic rings. The van der Waals surface area contributed by atoms with Gasteiger partial charge in [0.25, 0.3) is 0 Å². The van der Waals surface area contributed by atoms with Crippen molar-refractivity contribution in [2.45, 2.75) is 38.8 Å². The third-order valence-corrected chi connectivity index (χ3v) is 3.95. The van der Waals surface area contributed by atoms with E-state index in [2.05, 4.69) is 6.92 Å². The van der Waals surface area contributed by atoms with E-state index >= 15 is 0 Å². The lowest BCUT2D eigenvalue weighted by Crippen LogP contribution is -2.45. The minimum absolute atomic E-state index is 0.0642. The van der Waals surface area contributed by atoms with Crippen molar-refractivity contribution in [2.24, 2.45) is 17.6 Å². The van der Waals surface area contributed by atoms with Crippen LogP contribution in [0.4, 0.5) is 0 Å². The summed E-state index contributed by atoms with van der Waals surface area (Å²) in [6.07, 6.45) is 2.17. The summed E-state index contributed by atoms with van der Waals surface area (Å²) >= 11 is 0. The molecule has 4 heteroatoms. The molecule has 4 nitrogen and oxygen atoms in total. The van der Waals surface area contributed by atoms with E-state index < -0.39 is 0 Å². The van der Waals surface area contributed by atoms with E-state index in [-0.39, 0.29) is 24.0 Å². The van der Waals surface area contributed by atoms with Crippen LogP contribution in [-0.4, -0.2) is 42.6 Å². The highest BCUT2D eigenvalue weighted by Gasteiger charge is 2.38. The minimum Gasteiger partial charge on any atom is -0.378 e. The molecule has 4 unspecified atom stereocenters. The summed E-state index contributed by atoms with van der Waals surface area (Å²) < 4.78 is 5.46. The molecule has 0 radical (unpaired) electrons. The molecule has 1 amide bonds. The number of ether oxygens (including phenoxy) is 1. The zero-order chi connectivity index (χ0) is 11.7. The third-order valence-electron chi connectivity index (χ3n) is 3.95. The molecule has 2 saturated heterocycles. The van der Waals surface area contributed by atoms with E-state index in [1.807, 2.05) is 11.8 Å². The summed E-state index contributed by atoms with van der Waals surface area (Å²) in [7, 11) is 0. The van der Waals surface area contributed by atoms with Crippen LogP contribution in [0.25, 0.3) is 0 Å². The van der Waals surface area contributed by atoms with Crippen LogP contribution in [0.15, 0.2) is 0 Å². The van der Waals surface area contributed by atoms with Gasteiger partial charge >= 0.3 is 0 Å². The molecular weight excluding hydrogens is 204 g/mol. The maximum atomic E-state index is 12.3. The first-order valence-corrected chi connectivity index (χ1v) is 6.25. The molecule has 2 aliphatic heterocycles. The summed E-state index contributed by atoms with van der Waals surface area (Å²) in [5.41, 5.74) is 5.75. The zero-order valence-electron chi connectivity index (χ0n) is 10.2. The molecule has 92 valence electrons. The number of carbonyl (C=O) groups is 1. The average molecular weight is 226 g/mol. The molecule has 0 aromatic carbocycles. The topological polar surface area (TPSA) is 55.6 Å². The molecule has 2 N–H and O–H groups in total. The van der Waals surface area contributed by atoms with Crippen LogP contribution in [0, 0.1) is 11.8 Å². The highest BCUT2D eigenvalue weighted by atomic mass is 16.5. The van der Waals surface area contributed by atoms with Crippen LogP contribution in [0.3, 0.4) is 0 Å². The van der Waals surface area contributed by atoms with E-state index in [4.69, 9.17) is 10.5 Å². The van der Waals surface area contributed by atoms with Crippen molar-refractivity contribution in [3.05, 3.63) is 0 Å². The fourth-order valence-electron chi connectivity index (χ4n) is 2.87. The highest BCUT2D eigenvalue weighted by molar-refractivity contribution is 5.80. The van der Waals surface area contributed by atoms with Crippen molar-refractivity contribution in [1.29, 1.82) is 0 Å². The molecule has 2 rings (SSSR count). The molecule has 0 aliphatic carbocycles. The van der Waals surface area contributed by atoms with Gasteiger partial charge in [-0.05, 0) is 25.7 Å². The second-order valence-corrected chi connectivity index (χ2v) is 5.18. The van der Waals surface area contributed by atoms with E-state index in [0.29, 0.717) is 19.1 Å². The summed E-state index contributed by atoms with van der Waals surface area (Å²) in [6.45, 7) is 6.24. The SMILES string of the molecule is CC1CC(C(=O)N2CCC(C)C2CN)CO1. The van der Waals surface area contributed by atoms with Gasteiger partial charge in [0.05, 0.1) is 18.6 Å². The molecule has 0 spiro atoms. The number of hydrogen-bond donors (Lipinski definition) is 1. The molecule has 4 atom stereocenters. The molecule has 2 aliphatic rings. The van der Waals surface area contributed by atoms with E-state index in [1.54, 1.807) is 0 Å². The Hall–Kier alpha value is -0.610. The molecule has 0 aromatic heterocycles. The summed E-state index contributed by atoms with van der Waals surface area (Å²) in [5, 5.41) is 0. The molecule has 0 bridgehead atoms. The molecule has 0 saturated carbocycles. The molecule has 16 heavy (non-hydrogen) atoms. The third kappa shape index (κ3) is 2.09. The van der Waals surface area contributed by atoms with Crippen molar-refractivity contribution in [3.8, 4) is 0 Å². The Labute approximate surface area is 97.1 Å². The predicted octanol–water partition coefficient (Wildman–Crippen LogP) is 0.607. The highest BCUT2D eigenvalue weighted by Crippen LogP contribution is 2.28. The molecular formula is C12H22N2O2. The van der Waals surface area contributed by atoms with Gasteiger partial charge < -0.3 is 15.4 Å². The smallest absolute Gasteiger partial charge is 0.228 e. The lowest BCUT2D eigenvalue weighted by atomic mass is 10.0. The average Bonchev–Trinajstić information content (AvgIpc) is 2.83. The Kier molecular flexibility index (Phi) is 3.50. The first-order valence-electron chi connectivity index (χ1n) is 6.25. The number of rotatable bonds is 2. The van der Waals surface area contributed by atoms with Gasteiger partial charge in [0.15, 0.2) is 0 Å². The van der Waals surface area contributed by atoms with Crippen molar-refractivity contribution < 1.29 is 9.53 Å². The second-order valence-electron chi connectivity index (χ2n) is 5.18. The monoisotopic (exact) mass is 226 g/mol. The van der Waals surface area contributed by atoms with Gasteiger partial charge in [-0.25, -0.2) is 0 Å². The molecule has 2 fully saturated rings. The van der Waals surface area contributed by atoms with Gasteiger partial charge in [-0.2, -0.15) is 0 Å². The van der Waals surface area contributed by atoms with Crippen molar-refractivity contribution in [2.75, 3.05) is 19.7 Å². The van der Waals surface area contributed by atoms with Crippen molar-refractivity contribution >= 4 is 5.91 Å².